The number of nitrogens with zero attached hydrogens (tertiary/aromatic N) is 2. The Labute approximate surface area is 93.3 Å². The van der Waals surface area contributed by atoms with Gasteiger partial charge in [0.25, 0.3) is 0 Å². The lowest BCUT2D eigenvalue weighted by Crippen LogP contribution is -2.38. The first-order chi connectivity index (χ1) is 7.20. The molecule has 0 saturated carbocycles. The van der Waals surface area contributed by atoms with Crippen LogP contribution in [0, 0.1) is 11.8 Å². The van der Waals surface area contributed by atoms with Gasteiger partial charge in [0.15, 0.2) is 0 Å². The Balaban J connectivity index is 4.49. The van der Waals surface area contributed by atoms with E-state index in [0.717, 1.165) is 11.9 Å². The van der Waals surface area contributed by atoms with Gasteiger partial charge in [0, 0.05) is 13.3 Å². The van der Waals surface area contributed by atoms with Crippen LogP contribution in [0.25, 0.3) is 0 Å². The third kappa shape index (κ3) is 4.63. The van der Waals surface area contributed by atoms with Gasteiger partial charge < -0.3 is 4.79 Å². The predicted molar refractivity (Wildman–Crippen MR) is 56.2 cm³/mol. The zero-order valence-electron chi connectivity index (χ0n) is 9.82. The van der Waals surface area contributed by atoms with E-state index in [9.17, 15) is 18.0 Å². The van der Waals surface area contributed by atoms with Crippen LogP contribution >= 0.6 is 0 Å². The highest BCUT2D eigenvalue weighted by Crippen LogP contribution is 2.23. The minimum atomic E-state index is -4.32. The maximum absolute atomic E-state index is 12.3. The van der Waals surface area contributed by atoms with E-state index in [1.54, 1.807) is 13.8 Å². The van der Waals surface area contributed by atoms with Crippen LogP contribution in [-0.2, 0) is 4.79 Å². The molecule has 0 fully saturated rings. The summed E-state index contributed by atoms with van der Waals surface area (Å²) in [4.78, 5) is 10.6. The first-order valence-electron chi connectivity index (χ1n) is 4.99. The van der Waals surface area contributed by atoms with Crippen molar-refractivity contribution >= 4 is 12.5 Å². The van der Waals surface area contributed by atoms with Crippen LogP contribution in [0.15, 0.2) is 5.10 Å². The molecule has 0 aliphatic heterocycles. The lowest BCUT2D eigenvalue weighted by atomic mass is 9.99. The molecule has 16 heavy (non-hydrogen) atoms. The number of hydrogen-bond donors (Lipinski definition) is 0. The number of hydrogen-bond acceptors (Lipinski definition) is 3. The Morgan fingerprint density at radius 1 is 1.25 bits per heavy atom. The van der Waals surface area contributed by atoms with Crippen LogP contribution in [0.4, 0.5) is 13.2 Å². The van der Waals surface area contributed by atoms with Gasteiger partial charge in [-0.15, -0.1) is 0 Å². The Hall–Kier alpha value is -1.07. The van der Waals surface area contributed by atoms with Gasteiger partial charge in [-0.25, -0.2) is 0 Å². The van der Waals surface area contributed by atoms with Crippen molar-refractivity contribution in [2.75, 3.05) is 7.05 Å². The summed E-state index contributed by atoms with van der Waals surface area (Å²) in [6, 6.07) is -1.66. The molecule has 2 atom stereocenters. The molecule has 0 rings (SSSR count). The Morgan fingerprint density at radius 3 is 2.06 bits per heavy atom. The number of rotatable bonds is 5. The number of carbonyl (C=O) groups excluding carboxylic acids is 1. The summed E-state index contributed by atoms with van der Waals surface area (Å²) in [7, 11) is 1.23. The first-order valence-corrected chi connectivity index (χ1v) is 4.99. The molecule has 0 radical (unpaired) electrons. The maximum atomic E-state index is 12.3. The van der Waals surface area contributed by atoms with Crippen molar-refractivity contribution in [1.82, 2.24) is 5.01 Å². The van der Waals surface area contributed by atoms with E-state index in [2.05, 4.69) is 5.10 Å². The van der Waals surface area contributed by atoms with Crippen LogP contribution in [0.1, 0.15) is 20.8 Å². The summed E-state index contributed by atoms with van der Waals surface area (Å²) in [5.74, 6) is -0.432. The summed E-state index contributed by atoms with van der Waals surface area (Å²) < 4.78 is 36.8. The summed E-state index contributed by atoms with van der Waals surface area (Å²) in [5, 5.41) is 4.44. The predicted octanol–water partition coefficient (Wildman–Crippen LogP) is 2.33. The standard InChI is InChI=1S/C10H17F3N2O/c1-7(2)9(6-16)5-14-15(4)8(3)10(11,12)13/h5-9H,1-4H3/b14-5-. The third-order valence-corrected chi connectivity index (χ3v) is 2.38. The zero-order chi connectivity index (χ0) is 12.9. The molecule has 0 aromatic heterocycles. The van der Waals surface area contributed by atoms with E-state index in [1.165, 1.54) is 13.3 Å². The molecule has 0 aliphatic rings. The fourth-order valence-corrected chi connectivity index (χ4v) is 0.858. The molecule has 0 aromatic rings. The molecular weight excluding hydrogens is 221 g/mol. The van der Waals surface area contributed by atoms with Gasteiger partial charge >= 0.3 is 6.18 Å². The van der Waals surface area contributed by atoms with Gasteiger partial charge in [0.1, 0.15) is 12.3 Å². The summed E-state index contributed by atoms with van der Waals surface area (Å²) in [5.41, 5.74) is 0. The molecule has 6 heteroatoms. The molecule has 0 heterocycles. The molecule has 2 unspecified atom stereocenters. The lowest BCUT2D eigenvalue weighted by Gasteiger charge is -2.24. The van der Waals surface area contributed by atoms with E-state index in [4.69, 9.17) is 0 Å². The first kappa shape index (κ1) is 14.9. The molecule has 0 aromatic carbocycles. The average Bonchev–Trinajstić information content (AvgIpc) is 2.15. The van der Waals surface area contributed by atoms with Crippen molar-refractivity contribution in [3.05, 3.63) is 0 Å². The van der Waals surface area contributed by atoms with Crippen molar-refractivity contribution < 1.29 is 18.0 Å². The van der Waals surface area contributed by atoms with Crippen LogP contribution in [0.5, 0.6) is 0 Å². The normalized spacial score (nSPS) is 16.5. The van der Waals surface area contributed by atoms with Gasteiger partial charge in [-0.2, -0.15) is 18.3 Å². The van der Waals surface area contributed by atoms with Gasteiger partial charge in [-0.3, -0.25) is 5.01 Å². The fourth-order valence-electron chi connectivity index (χ4n) is 0.858. The van der Waals surface area contributed by atoms with Gasteiger partial charge in [0.05, 0.1) is 5.92 Å². The summed E-state index contributed by atoms with van der Waals surface area (Å²) in [6.07, 6.45) is -2.39. The molecule has 0 saturated heterocycles. The Kier molecular flexibility index (Phi) is 5.47. The smallest absolute Gasteiger partial charge is 0.303 e. The number of halogens is 3. The average molecular weight is 238 g/mol. The number of hydrazone groups is 1. The molecule has 0 bridgehead atoms. The number of alkyl halides is 3. The minimum absolute atomic E-state index is 0.0239. The highest BCUT2D eigenvalue weighted by molar-refractivity contribution is 5.80. The molecule has 94 valence electrons. The van der Waals surface area contributed by atoms with Crippen LogP contribution < -0.4 is 0 Å². The quantitative estimate of drug-likeness (QED) is 0.418. The van der Waals surface area contributed by atoms with Gasteiger partial charge in [-0.1, -0.05) is 13.8 Å². The van der Waals surface area contributed by atoms with E-state index >= 15 is 0 Å². The minimum Gasteiger partial charge on any atom is -0.303 e. The monoisotopic (exact) mass is 238 g/mol. The van der Waals surface area contributed by atoms with Crippen molar-refractivity contribution in [2.45, 2.75) is 33.0 Å². The molecule has 0 aliphatic carbocycles. The van der Waals surface area contributed by atoms with Crippen LogP contribution in [-0.4, -0.2) is 36.8 Å². The van der Waals surface area contributed by atoms with Crippen molar-refractivity contribution in [3.8, 4) is 0 Å². The topological polar surface area (TPSA) is 32.7 Å². The largest absolute Gasteiger partial charge is 0.410 e. The van der Waals surface area contributed by atoms with Crippen LogP contribution in [0.3, 0.4) is 0 Å². The molecule has 0 amide bonds. The second-order valence-corrected chi connectivity index (χ2v) is 4.01. The van der Waals surface area contributed by atoms with E-state index in [1.807, 2.05) is 0 Å². The van der Waals surface area contributed by atoms with Crippen molar-refractivity contribution in [2.24, 2.45) is 16.9 Å². The summed E-state index contributed by atoms with van der Waals surface area (Å²) in [6.45, 7) is 4.62. The van der Waals surface area contributed by atoms with E-state index < -0.39 is 18.1 Å². The van der Waals surface area contributed by atoms with Crippen LogP contribution in [0.2, 0.25) is 0 Å². The Morgan fingerprint density at radius 2 is 1.75 bits per heavy atom. The fraction of sp³-hybridized carbons (Fsp3) is 0.800. The van der Waals surface area contributed by atoms with Crippen molar-refractivity contribution in [1.29, 1.82) is 0 Å². The van der Waals surface area contributed by atoms with Gasteiger partial charge in [0.2, 0.25) is 0 Å². The lowest BCUT2D eigenvalue weighted by molar-refractivity contribution is -0.175. The number of aldehydes is 1. The third-order valence-electron chi connectivity index (χ3n) is 2.38. The van der Waals surface area contributed by atoms with E-state index in [0.29, 0.717) is 6.29 Å². The Bertz CT molecular complexity index is 251. The van der Waals surface area contributed by atoms with Crippen molar-refractivity contribution in [3.63, 3.8) is 0 Å². The molecular formula is C10H17F3N2O. The SMILES string of the molecule is CC(C)C(C=O)/C=N\N(C)C(C)C(F)(F)F. The summed E-state index contributed by atoms with van der Waals surface area (Å²) >= 11 is 0. The highest BCUT2D eigenvalue weighted by atomic mass is 19.4. The molecule has 0 spiro atoms. The molecule has 0 N–H and O–H groups in total. The highest BCUT2D eigenvalue weighted by Gasteiger charge is 2.38. The molecule has 3 nitrogen and oxygen atoms in total. The van der Waals surface area contributed by atoms with Gasteiger partial charge in [-0.05, 0) is 12.8 Å². The van der Waals surface area contributed by atoms with E-state index in [-0.39, 0.29) is 5.92 Å². The zero-order valence-corrected chi connectivity index (χ0v) is 9.82. The second kappa shape index (κ2) is 5.86. The number of carbonyl (C=O) groups is 1. The maximum Gasteiger partial charge on any atom is 0.410 e. The second-order valence-electron chi connectivity index (χ2n) is 4.01.